The molecule has 0 heterocycles. The normalized spacial score (nSPS) is 19.6. The molecule has 1 saturated carbocycles. The minimum absolute atomic E-state index is 0.0388. The van der Waals surface area contributed by atoms with Gasteiger partial charge in [-0.15, -0.1) is 0 Å². The zero-order valence-corrected chi connectivity index (χ0v) is 9.21. The summed E-state index contributed by atoms with van der Waals surface area (Å²) in [6, 6.07) is 2.40. The highest BCUT2D eigenvalue weighted by molar-refractivity contribution is 5.88. The Labute approximate surface area is 85.7 Å². The van der Waals surface area contributed by atoms with E-state index in [9.17, 15) is 4.79 Å². The van der Waals surface area contributed by atoms with Gasteiger partial charge in [0.05, 0.1) is 6.07 Å². The summed E-state index contributed by atoms with van der Waals surface area (Å²) < 4.78 is 0. The van der Waals surface area contributed by atoms with Gasteiger partial charge in [-0.1, -0.05) is 6.92 Å². The minimum atomic E-state index is -0.653. The number of hydrogen-bond acceptors (Lipinski definition) is 2. The lowest BCUT2D eigenvalue weighted by molar-refractivity contribution is -0.136. The topological polar surface area (TPSA) is 44.1 Å². The molecule has 1 rings (SSSR count). The molecule has 1 aliphatic rings. The first kappa shape index (κ1) is 11.0. The van der Waals surface area contributed by atoms with Crippen LogP contribution in [0.4, 0.5) is 0 Å². The molecule has 78 valence electrons. The van der Waals surface area contributed by atoms with Gasteiger partial charge in [0.1, 0.15) is 5.41 Å². The van der Waals surface area contributed by atoms with Crippen molar-refractivity contribution >= 4 is 5.91 Å². The highest BCUT2D eigenvalue weighted by atomic mass is 16.2. The fourth-order valence-corrected chi connectivity index (χ4v) is 1.65. The van der Waals surface area contributed by atoms with E-state index in [1.165, 1.54) is 0 Å². The zero-order chi connectivity index (χ0) is 10.8. The van der Waals surface area contributed by atoms with Crippen LogP contribution in [-0.4, -0.2) is 23.4 Å². The van der Waals surface area contributed by atoms with E-state index in [0.717, 1.165) is 19.3 Å². The second-order valence-corrected chi connectivity index (χ2v) is 4.04. The van der Waals surface area contributed by atoms with Crippen LogP contribution < -0.4 is 0 Å². The van der Waals surface area contributed by atoms with Crippen LogP contribution in [0.15, 0.2) is 0 Å². The predicted octanol–water partition coefficient (Wildman–Crippen LogP) is 1.94. The number of rotatable bonds is 4. The zero-order valence-electron chi connectivity index (χ0n) is 9.21. The van der Waals surface area contributed by atoms with Crippen molar-refractivity contribution < 1.29 is 4.79 Å². The third-order valence-electron chi connectivity index (χ3n) is 3.10. The smallest absolute Gasteiger partial charge is 0.243 e. The molecule has 0 N–H and O–H groups in total. The highest BCUT2D eigenvalue weighted by Gasteiger charge is 2.52. The van der Waals surface area contributed by atoms with Gasteiger partial charge in [0.2, 0.25) is 5.91 Å². The maximum Gasteiger partial charge on any atom is 0.243 e. The van der Waals surface area contributed by atoms with Gasteiger partial charge >= 0.3 is 0 Å². The number of hydrogen-bond donors (Lipinski definition) is 0. The van der Waals surface area contributed by atoms with E-state index in [1.807, 2.05) is 18.7 Å². The van der Waals surface area contributed by atoms with Gasteiger partial charge in [-0.3, -0.25) is 4.79 Å². The van der Waals surface area contributed by atoms with Gasteiger partial charge in [0.15, 0.2) is 0 Å². The third-order valence-corrected chi connectivity index (χ3v) is 3.10. The third kappa shape index (κ3) is 1.75. The SMILES string of the molecule is CCC(C)N(CC)C(=O)C1(C#N)CC1. The fourth-order valence-electron chi connectivity index (χ4n) is 1.65. The minimum Gasteiger partial charge on any atom is -0.339 e. The predicted molar refractivity (Wildman–Crippen MR) is 54.4 cm³/mol. The quantitative estimate of drug-likeness (QED) is 0.686. The lowest BCUT2D eigenvalue weighted by Crippen LogP contribution is -2.42. The molecule has 3 heteroatoms. The van der Waals surface area contributed by atoms with Crippen LogP contribution in [0.1, 0.15) is 40.0 Å². The number of carbonyl (C=O) groups excluding carboxylic acids is 1. The Kier molecular flexibility index (Phi) is 3.15. The summed E-state index contributed by atoms with van der Waals surface area (Å²) in [6.07, 6.45) is 2.44. The molecule has 1 unspecified atom stereocenters. The van der Waals surface area contributed by atoms with Crippen molar-refractivity contribution in [2.24, 2.45) is 5.41 Å². The Hall–Kier alpha value is -1.04. The van der Waals surface area contributed by atoms with Crippen molar-refractivity contribution in [2.45, 2.75) is 46.1 Å². The Balaban J connectivity index is 2.72. The van der Waals surface area contributed by atoms with Gasteiger partial charge in [-0.25, -0.2) is 0 Å². The molecule has 3 nitrogen and oxygen atoms in total. The standard InChI is InChI=1S/C11H18N2O/c1-4-9(3)13(5-2)10(14)11(8-12)6-7-11/h9H,4-7H2,1-3H3. The first-order valence-corrected chi connectivity index (χ1v) is 5.33. The van der Waals surface area contributed by atoms with E-state index in [4.69, 9.17) is 5.26 Å². The van der Waals surface area contributed by atoms with E-state index in [2.05, 4.69) is 13.0 Å². The average molecular weight is 194 g/mol. The molecule has 1 amide bonds. The van der Waals surface area contributed by atoms with Crippen molar-refractivity contribution in [1.29, 1.82) is 5.26 Å². The van der Waals surface area contributed by atoms with Crippen LogP contribution in [0.3, 0.4) is 0 Å². The molecule has 0 aromatic rings. The Morgan fingerprint density at radius 2 is 2.14 bits per heavy atom. The molecule has 0 radical (unpaired) electrons. The summed E-state index contributed by atoms with van der Waals surface area (Å²) >= 11 is 0. The number of nitriles is 1. The van der Waals surface area contributed by atoms with Crippen LogP contribution in [0.2, 0.25) is 0 Å². The highest BCUT2D eigenvalue weighted by Crippen LogP contribution is 2.46. The van der Waals surface area contributed by atoms with Gasteiger partial charge in [-0.2, -0.15) is 5.26 Å². The van der Waals surface area contributed by atoms with Crippen molar-refractivity contribution in [3.8, 4) is 6.07 Å². The summed E-state index contributed by atoms with van der Waals surface area (Å²) in [6.45, 7) is 6.77. The fraction of sp³-hybridized carbons (Fsp3) is 0.818. The van der Waals surface area contributed by atoms with Gasteiger partial charge < -0.3 is 4.90 Å². The molecule has 0 bridgehead atoms. The Morgan fingerprint density at radius 3 is 2.43 bits per heavy atom. The Morgan fingerprint density at radius 1 is 1.57 bits per heavy atom. The van der Waals surface area contributed by atoms with Gasteiger partial charge in [0, 0.05) is 12.6 Å². The van der Waals surface area contributed by atoms with Crippen molar-refractivity contribution in [3.63, 3.8) is 0 Å². The second kappa shape index (κ2) is 4.00. The number of nitrogens with zero attached hydrogens (tertiary/aromatic N) is 2. The monoisotopic (exact) mass is 194 g/mol. The molecule has 0 aromatic heterocycles. The lowest BCUT2D eigenvalue weighted by Gasteiger charge is -2.29. The molecule has 0 aromatic carbocycles. The van der Waals surface area contributed by atoms with E-state index in [1.54, 1.807) is 0 Å². The van der Waals surface area contributed by atoms with Crippen LogP contribution in [-0.2, 0) is 4.79 Å². The Bertz CT molecular complexity index is 263. The summed E-state index contributed by atoms with van der Waals surface area (Å²) in [4.78, 5) is 13.8. The molecular weight excluding hydrogens is 176 g/mol. The largest absolute Gasteiger partial charge is 0.339 e. The summed E-state index contributed by atoms with van der Waals surface area (Å²) in [5, 5.41) is 8.93. The first-order valence-electron chi connectivity index (χ1n) is 5.33. The van der Waals surface area contributed by atoms with Crippen molar-refractivity contribution in [1.82, 2.24) is 4.90 Å². The van der Waals surface area contributed by atoms with E-state index >= 15 is 0 Å². The molecule has 1 fully saturated rings. The van der Waals surface area contributed by atoms with E-state index < -0.39 is 5.41 Å². The first-order chi connectivity index (χ1) is 6.61. The second-order valence-electron chi connectivity index (χ2n) is 4.04. The van der Waals surface area contributed by atoms with Crippen LogP contribution in [0.25, 0.3) is 0 Å². The van der Waals surface area contributed by atoms with Crippen molar-refractivity contribution in [2.75, 3.05) is 6.54 Å². The van der Waals surface area contributed by atoms with Crippen LogP contribution >= 0.6 is 0 Å². The number of carbonyl (C=O) groups is 1. The number of amides is 1. The molecule has 0 spiro atoms. The maximum absolute atomic E-state index is 12.0. The van der Waals surface area contributed by atoms with Gasteiger partial charge in [-0.05, 0) is 33.1 Å². The molecule has 0 saturated heterocycles. The van der Waals surface area contributed by atoms with Crippen LogP contribution in [0, 0.1) is 16.7 Å². The van der Waals surface area contributed by atoms with E-state index in [-0.39, 0.29) is 11.9 Å². The molecule has 1 aliphatic carbocycles. The van der Waals surface area contributed by atoms with Crippen molar-refractivity contribution in [3.05, 3.63) is 0 Å². The van der Waals surface area contributed by atoms with Crippen LogP contribution in [0.5, 0.6) is 0 Å². The van der Waals surface area contributed by atoms with Gasteiger partial charge in [0.25, 0.3) is 0 Å². The molecule has 14 heavy (non-hydrogen) atoms. The summed E-state index contributed by atoms with van der Waals surface area (Å²) in [7, 11) is 0. The summed E-state index contributed by atoms with van der Waals surface area (Å²) in [5.41, 5.74) is -0.653. The van der Waals surface area contributed by atoms with E-state index in [0.29, 0.717) is 6.54 Å². The average Bonchev–Trinajstić information content (AvgIpc) is 2.99. The lowest BCUT2D eigenvalue weighted by atomic mass is 10.1. The maximum atomic E-state index is 12.0. The summed E-state index contributed by atoms with van der Waals surface area (Å²) in [5.74, 6) is 0.0388. The molecule has 1 atom stereocenters. The molecule has 0 aliphatic heterocycles. The molecular formula is C11H18N2O.